The number of nitrogens with one attached hydrogen (secondary N) is 1. The summed E-state index contributed by atoms with van der Waals surface area (Å²) in [5.74, 6) is 2.94. The van der Waals surface area contributed by atoms with Gasteiger partial charge in [-0.15, -0.1) is 0 Å². The third-order valence-corrected chi connectivity index (χ3v) is 6.61. The summed E-state index contributed by atoms with van der Waals surface area (Å²) < 4.78 is 5.47. The summed E-state index contributed by atoms with van der Waals surface area (Å²) in [5, 5.41) is 3.69. The van der Waals surface area contributed by atoms with Crippen molar-refractivity contribution in [2.24, 2.45) is 10.9 Å². The minimum atomic E-state index is 0.458. The molecule has 2 aliphatic heterocycles. The van der Waals surface area contributed by atoms with Gasteiger partial charge in [0.2, 0.25) is 0 Å². The van der Waals surface area contributed by atoms with Crippen molar-refractivity contribution < 1.29 is 4.42 Å². The molecule has 0 amide bonds. The van der Waals surface area contributed by atoms with Crippen LogP contribution in [0, 0.1) is 5.92 Å². The first-order valence-electron chi connectivity index (χ1n) is 11.1. The van der Waals surface area contributed by atoms with Crippen molar-refractivity contribution in [1.82, 2.24) is 15.1 Å². The van der Waals surface area contributed by atoms with Gasteiger partial charge in [0.05, 0.1) is 6.26 Å². The second-order valence-corrected chi connectivity index (χ2v) is 8.66. The van der Waals surface area contributed by atoms with Crippen LogP contribution in [0.25, 0.3) is 0 Å². The van der Waals surface area contributed by atoms with Crippen LogP contribution in [0.15, 0.2) is 27.8 Å². The molecule has 5 nitrogen and oxygen atoms in total. The summed E-state index contributed by atoms with van der Waals surface area (Å²) in [6.07, 6.45) is 10.6. The Kier molecular flexibility index (Phi) is 6.06. The molecule has 3 aliphatic rings. The summed E-state index contributed by atoms with van der Waals surface area (Å²) in [6, 6.07) is 6.17. The third kappa shape index (κ3) is 4.68. The van der Waals surface area contributed by atoms with Crippen molar-refractivity contribution in [2.45, 2.75) is 76.9 Å². The van der Waals surface area contributed by atoms with Crippen molar-refractivity contribution in [3.63, 3.8) is 0 Å². The van der Waals surface area contributed by atoms with Gasteiger partial charge in [-0.1, -0.05) is 6.92 Å². The Bertz CT molecular complexity index is 610. The molecule has 150 valence electrons. The van der Waals surface area contributed by atoms with Crippen LogP contribution in [0.4, 0.5) is 0 Å². The van der Waals surface area contributed by atoms with Crippen molar-refractivity contribution >= 4 is 5.96 Å². The zero-order valence-electron chi connectivity index (χ0n) is 17.1. The van der Waals surface area contributed by atoms with E-state index in [1.54, 1.807) is 6.26 Å². The fourth-order valence-electron chi connectivity index (χ4n) is 4.78. The number of piperidine rings is 2. The number of guanidine groups is 1. The second kappa shape index (κ2) is 8.68. The molecule has 3 fully saturated rings. The first-order valence-corrected chi connectivity index (χ1v) is 11.1. The van der Waals surface area contributed by atoms with Gasteiger partial charge in [-0.05, 0) is 70.0 Å². The minimum absolute atomic E-state index is 0.458. The topological polar surface area (TPSA) is 44.0 Å². The Morgan fingerprint density at radius 2 is 2.19 bits per heavy atom. The lowest BCUT2D eigenvalue weighted by molar-refractivity contribution is 0.0368. The van der Waals surface area contributed by atoms with E-state index in [1.807, 2.05) is 12.1 Å². The van der Waals surface area contributed by atoms with Crippen LogP contribution in [-0.4, -0.2) is 60.1 Å². The normalized spacial score (nSPS) is 28.1. The third-order valence-electron chi connectivity index (χ3n) is 6.61. The second-order valence-electron chi connectivity index (χ2n) is 8.66. The maximum Gasteiger partial charge on any atom is 0.194 e. The molecule has 3 heterocycles. The van der Waals surface area contributed by atoms with Crippen LogP contribution in [-0.2, 0) is 6.42 Å². The molecular weight excluding hydrogens is 336 g/mol. The molecule has 1 aliphatic carbocycles. The van der Waals surface area contributed by atoms with Gasteiger partial charge >= 0.3 is 0 Å². The summed E-state index contributed by atoms with van der Waals surface area (Å²) in [6.45, 7) is 8.90. The lowest BCUT2D eigenvalue weighted by Gasteiger charge is -2.48. The van der Waals surface area contributed by atoms with E-state index < -0.39 is 0 Å². The standard InChI is InChI=1S/C22H36N4O/c1-3-17(2)24-22(23-12-10-20-7-5-15-27-20)25-14-11-21-18(16-25)6-4-13-26(21)19-8-9-19/h5,7,15,17-19,21H,3-4,6,8-14,16H2,1-2H3,(H,23,24). The zero-order valence-corrected chi connectivity index (χ0v) is 17.1. The molecule has 0 aromatic carbocycles. The molecule has 0 spiro atoms. The van der Waals surface area contributed by atoms with Crippen molar-refractivity contribution in [3.05, 3.63) is 24.2 Å². The Labute approximate surface area is 164 Å². The molecule has 5 heteroatoms. The fourth-order valence-corrected chi connectivity index (χ4v) is 4.78. The number of aliphatic imine (C=N–C) groups is 1. The largest absolute Gasteiger partial charge is 0.469 e. The highest BCUT2D eigenvalue weighted by molar-refractivity contribution is 5.80. The smallest absolute Gasteiger partial charge is 0.194 e. The molecule has 1 aromatic heterocycles. The van der Waals surface area contributed by atoms with Crippen LogP contribution in [0.5, 0.6) is 0 Å². The number of furan rings is 1. The van der Waals surface area contributed by atoms with Crippen LogP contribution < -0.4 is 5.32 Å². The Balaban J connectivity index is 1.40. The Hall–Kier alpha value is -1.49. The molecule has 4 rings (SSSR count). The van der Waals surface area contributed by atoms with Crippen molar-refractivity contribution in [3.8, 4) is 0 Å². The van der Waals surface area contributed by atoms with Gasteiger partial charge in [0.15, 0.2) is 5.96 Å². The monoisotopic (exact) mass is 372 g/mol. The number of fused-ring (bicyclic) bond motifs is 1. The predicted octanol–water partition coefficient (Wildman–Crippen LogP) is 3.51. The van der Waals surface area contributed by atoms with E-state index in [4.69, 9.17) is 9.41 Å². The zero-order chi connectivity index (χ0) is 18.6. The van der Waals surface area contributed by atoms with Gasteiger partial charge in [-0.25, -0.2) is 0 Å². The molecule has 2 saturated heterocycles. The van der Waals surface area contributed by atoms with Crippen LogP contribution >= 0.6 is 0 Å². The molecule has 3 unspecified atom stereocenters. The highest BCUT2D eigenvalue weighted by Crippen LogP contribution is 2.38. The molecule has 0 bridgehead atoms. The lowest BCUT2D eigenvalue weighted by atomic mass is 9.83. The van der Waals surface area contributed by atoms with Crippen LogP contribution in [0.1, 0.15) is 58.1 Å². The highest BCUT2D eigenvalue weighted by Gasteiger charge is 2.42. The molecular formula is C22H36N4O. The SMILES string of the molecule is CCC(C)NC(=NCCc1ccco1)N1CCC2C(CCCN2C2CC2)C1. The average Bonchev–Trinajstić information content (AvgIpc) is 3.42. The van der Waals surface area contributed by atoms with Crippen LogP contribution in [0.2, 0.25) is 0 Å². The van der Waals surface area contributed by atoms with Gasteiger partial charge in [-0.2, -0.15) is 0 Å². The highest BCUT2D eigenvalue weighted by atomic mass is 16.3. The Morgan fingerprint density at radius 1 is 1.30 bits per heavy atom. The van der Waals surface area contributed by atoms with E-state index in [-0.39, 0.29) is 0 Å². The number of likely N-dealkylation sites (tertiary alicyclic amines) is 2. The van der Waals surface area contributed by atoms with Gasteiger partial charge in [-0.3, -0.25) is 9.89 Å². The number of rotatable bonds is 6. The summed E-state index contributed by atoms with van der Waals surface area (Å²) in [5.41, 5.74) is 0. The molecule has 1 saturated carbocycles. The fraction of sp³-hybridized carbons (Fsp3) is 0.773. The Morgan fingerprint density at radius 3 is 2.93 bits per heavy atom. The minimum Gasteiger partial charge on any atom is -0.469 e. The molecule has 3 atom stereocenters. The van der Waals surface area contributed by atoms with E-state index in [0.717, 1.165) is 62.2 Å². The number of hydrogen-bond acceptors (Lipinski definition) is 3. The first-order chi connectivity index (χ1) is 13.2. The molecule has 0 radical (unpaired) electrons. The van der Waals surface area contributed by atoms with E-state index in [0.29, 0.717) is 6.04 Å². The maximum absolute atomic E-state index is 5.47. The summed E-state index contributed by atoms with van der Waals surface area (Å²) >= 11 is 0. The predicted molar refractivity (Wildman–Crippen MR) is 110 cm³/mol. The van der Waals surface area contributed by atoms with Gasteiger partial charge in [0, 0.05) is 44.2 Å². The lowest BCUT2D eigenvalue weighted by Crippen LogP contribution is -2.58. The maximum atomic E-state index is 5.47. The summed E-state index contributed by atoms with van der Waals surface area (Å²) in [7, 11) is 0. The number of hydrogen-bond donors (Lipinski definition) is 1. The molecule has 1 aromatic rings. The van der Waals surface area contributed by atoms with Crippen molar-refractivity contribution in [2.75, 3.05) is 26.2 Å². The van der Waals surface area contributed by atoms with Gasteiger partial charge < -0.3 is 14.6 Å². The van der Waals surface area contributed by atoms with E-state index in [1.165, 1.54) is 38.6 Å². The first kappa shape index (κ1) is 18.9. The van der Waals surface area contributed by atoms with Gasteiger partial charge in [0.25, 0.3) is 0 Å². The van der Waals surface area contributed by atoms with E-state index in [9.17, 15) is 0 Å². The summed E-state index contributed by atoms with van der Waals surface area (Å²) in [4.78, 5) is 10.4. The van der Waals surface area contributed by atoms with Gasteiger partial charge in [0.1, 0.15) is 5.76 Å². The van der Waals surface area contributed by atoms with E-state index in [2.05, 4.69) is 29.0 Å². The number of nitrogens with zero attached hydrogens (tertiary/aromatic N) is 3. The van der Waals surface area contributed by atoms with E-state index >= 15 is 0 Å². The van der Waals surface area contributed by atoms with Crippen LogP contribution in [0.3, 0.4) is 0 Å². The average molecular weight is 373 g/mol. The molecule has 1 N–H and O–H groups in total. The van der Waals surface area contributed by atoms with Crippen molar-refractivity contribution in [1.29, 1.82) is 0 Å². The quantitative estimate of drug-likeness (QED) is 0.613. The molecule has 27 heavy (non-hydrogen) atoms.